The van der Waals surface area contributed by atoms with E-state index in [0.717, 1.165) is 11.1 Å². The van der Waals surface area contributed by atoms with Crippen molar-refractivity contribution in [3.05, 3.63) is 41.3 Å². The molecule has 0 bridgehead atoms. The topological polar surface area (TPSA) is 93.6 Å². The quantitative estimate of drug-likeness (QED) is 0.846. The van der Waals surface area contributed by atoms with E-state index in [1.54, 1.807) is 14.2 Å². The highest BCUT2D eigenvalue weighted by Crippen LogP contribution is 2.33. The van der Waals surface area contributed by atoms with Gasteiger partial charge in [-0.15, -0.1) is 0 Å². The summed E-state index contributed by atoms with van der Waals surface area (Å²) in [5.74, 6) is 0.454. The molecule has 1 heterocycles. The number of carbonyl (C=O) groups is 1. The number of methoxy groups -OCH3 is 2. The zero-order chi connectivity index (χ0) is 17.0. The average molecular weight is 317 g/mol. The van der Waals surface area contributed by atoms with Gasteiger partial charge in [-0.25, -0.2) is 14.8 Å². The van der Waals surface area contributed by atoms with Crippen LogP contribution in [0, 0.1) is 6.92 Å². The first-order valence-electron chi connectivity index (χ1n) is 7.00. The molecule has 0 radical (unpaired) electrons. The third kappa shape index (κ3) is 3.50. The zero-order valence-electron chi connectivity index (χ0n) is 13.5. The van der Waals surface area contributed by atoms with Crippen molar-refractivity contribution >= 4 is 11.8 Å². The van der Waals surface area contributed by atoms with Crippen molar-refractivity contribution in [1.29, 1.82) is 0 Å². The molecule has 0 aliphatic carbocycles. The molecular formula is C16H19N3O4. The van der Waals surface area contributed by atoms with E-state index in [1.165, 1.54) is 12.5 Å². The summed E-state index contributed by atoms with van der Waals surface area (Å²) in [7, 11) is 3.15. The number of carboxylic acid groups (broad SMARTS) is 1. The van der Waals surface area contributed by atoms with Crippen LogP contribution in [0.15, 0.2) is 24.7 Å². The molecule has 0 amide bonds. The maximum atomic E-state index is 11.2. The Balaban J connectivity index is 2.35. The van der Waals surface area contributed by atoms with Crippen molar-refractivity contribution in [2.24, 2.45) is 0 Å². The second-order valence-electron chi connectivity index (χ2n) is 5.02. The minimum absolute atomic E-state index is 0.0254. The molecule has 0 saturated carbocycles. The van der Waals surface area contributed by atoms with Crippen LogP contribution in [0.4, 0.5) is 5.82 Å². The van der Waals surface area contributed by atoms with Crippen LogP contribution < -0.4 is 14.8 Å². The van der Waals surface area contributed by atoms with Crippen molar-refractivity contribution in [3.63, 3.8) is 0 Å². The number of aromatic nitrogens is 2. The van der Waals surface area contributed by atoms with E-state index < -0.39 is 5.97 Å². The molecule has 0 saturated heterocycles. The van der Waals surface area contributed by atoms with Crippen molar-refractivity contribution < 1.29 is 19.4 Å². The van der Waals surface area contributed by atoms with E-state index in [4.69, 9.17) is 9.47 Å². The fourth-order valence-electron chi connectivity index (χ4n) is 2.35. The Morgan fingerprint density at radius 3 is 2.52 bits per heavy atom. The summed E-state index contributed by atoms with van der Waals surface area (Å²) in [5.41, 5.74) is 1.98. The molecule has 0 aliphatic rings. The lowest BCUT2D eigenvalue weighted by molar-refractivity contribution is 0.0697. The summed E-state index contributed by atoms with van der Waals surface area (Å²) in [5, 5.41) is 12.3. The number of hydrogen-bond donors (Lipinski definition) is 2. The van der Waals surface area contributed by atoms with Crippen molar-refractivity contribution in [3.8, 4) is 11.5 Å². The summed E-state index contributed by atoms with van der Waals surface area (Å²) in [6.07, 6.45) is 2.58. The van der Waals surface area contributed by atoms with Gasteiger partial charge in [0.15, 0.2) is 11.5 Å². The smallest absolute Gasteiger partial charge is 0.341 e. The van der Waals surface area contributed by atoms with Crippen LogP contribution in [-0.2, 0) is 0 Å². The number of nitrogens with zero attached hydrogens (tertiary/aromatic N) is 2. The molecule has 2 aromatic rings. The lowest BCUT2D eigenvalue weighted by atomic mass is 10.0. The number of carboxylic acids is 1. The van der Waals surface area contributed by atoms with E-state index in [0.29, 0.717) is 11.5 Å². The van der Waals surface area contributed by atoms with Gasteiger partial charge in [0, 0.05) is 6.20 Å². The standard InChI is InChI=1S/C16H19N3O4/c1-9-5-13(22-3)14(23-4)6-11(9)10(2)19-15-12(16(20)21)7-17-8-18-15/h5-8,10H,1-4H3,(H,20,21)(H,17,18,19). The largest absolute Gasteiger partial charge is 0.493 e. The van der Waals surface area contributed by atoms with Crippen molar-refractivity contribution in [2.45, 2.75) is 19.9 Å². The van der Waals surface area contributed by atoms with Gasteiger partial charge < -0.3 is 19.9 Å². The Morgan fingerprint density at radius 1 is 1.26 bits per heavy atom. The fourth-order valence-corrected chi connectivity index (χ4v) is 2.35. The predicted octanol–water partition coefficient (Wildman–Crippen LogP) is 2.67. The Labute approximate surface area is 134 Å². The van der Waals surface area contributed by atoms with Gasteiger partial charge >= 0.3 is 5.97 Å². The van der Waals surface area contributed by atoms with Crippen molar-refractivity contribution in [2.75, 3.05) is 19.5 Å². The van der Waals surface area contributed by atoms with Gasteiger partial charge in [-0.05, 0) is 37.1 Å². The molecule has 1 atom stereocenters. The average Bonchev–Trinajstić information content (AvgIpc) is 2.54. The minimum Gasteiger partial charge on any atom is -0.493 e. The molecule has 2 N–H and O–H groups in total. The van der Waals surface area contributed by atoms with Crippen LogP contribution in [0.5, 0.6) is 11.5 Å². The third-order valence-electron chi connectivity index (χ3n) is 3.53. The molecule has 0 aliphatic heterocycles. The molecule has 2 rings (SSSR count). The monoisotopic (exact) mass is 317 g/mol. The molecular weight excluding hydrogens is 298 g/mol. The first kappa shape index (κ1) is 16.5. The lowest BCUT2D eigenvalue weighted by Gasteiger charge is -2.20. The Kier molecular flexibility index (Phi) is 5.00. The van der Waals surface area contributed by atoms with Gasteiger partial charge in [-0.3, -0.25) is 0 Å². The SMILES string of the molecule is COc1cc(C)c(C(C)Nc2ncncc2C(=O)O)cc1OC. The molecule has 1 aromatic carbocycles. The molecule has 0 spiro atoms. The highest BCUT2D eigenvalue weighted by molar-refractivity contribution is 5.92. The lowest BCUT2D eigenvalue weighted by Crippen LogP contribution is -2.13. The Hall–Kier alpha value is -2.83. The molecule has 122 valence electrons. The molecule has 23 heavy (non-hydrogen) atoms. The van der Waals surface area contributed by atoms with E-state index >= 15 is 0 Å². The number of hydrogen-bond acceptors (Lipinski definition) is 6. The molecule has 7 nitrogen and oxygen atoms in total. The fraction of sp³-hybridized carbons (Fsp3) is 0.312. The highest BCUT2D eigenvalue weighted by Gasteiger charge is 2.17. The van der Waals surface area contributed by atoms with Gasteiger partial charge in [-0.2, -0.15) is 0 Å². The summed E-state index contributed by atoms with van der Waals surface area (Å²) < 4.78 is 10.6. The maximum Gasteiger partial charge on any atom is 0.341 e. The first-order chi connectivity index (χ1) is 11.0. The van der Waals surface area contributed by atoms with E-state index in [1.807, 2.05) is 26.0 Å². The van der Waals surface area contributed by atoms with Gasteiger partial charge in [0.25, 0.3) is 0 Å². The zero-order valence-corrected chi connectivity index (χ0v) is 13.5. The van der Waals surface area contributed by atoms with Crippen LogP contribution >= 0.6 is 0 Å². The van der Waals surface area contributed by atoms with Crippen LogP contribution in [0.25, 0.3) is 0 Å². The van der Waals surface area contributed by atoms with Gasteiger partial charge in [0.1, 0.15) is 17.7 Å². The normalized spacial score (nSPS) is 11.7. The maximum absolute atomic E-state index is 11.2. The molecule has 1 unspecified atom stereocenters. The highest BCUT2D eigenvalue weighted by atomic mass is 16.5. The van der Waals surface area contributed by atoms with Gasteiger partial charge in [0.05, 0.1) is 20.3 Å². The minimum atomic E-state index is -1.08. The van der Waals surface area contributed by atoms with Crippen LogP contribution in [0.2, 0.25) is 0 Å². The second kappa shape index (κ2) is 6.95. The number of nitrogens with one attached hydrogen (secondary N) is 1. The summed E-state index contributed by atoms with van der Waals surface area (Å²) >= 11 is 0. The van der Waals surface area contributed by atoms with Crippen molar-refractivity contribution in [1.82, 2.24) is 9.97 Å². The molecule has 7 heteroatoms. The van der Waals surface area contributed by atoms with Gasteiger partial charge in [0.2, 0.25) is 0 Å². The summed E-state index contributed by atoms with van der Waals surface area (Å²) in [4.78, 5) is 19.0. The van der Waals surface area contributed by atoms with E-state index in [-0.39, 0.29) is 17.4 Å². The molecule has 0 fully saturated rings. The number of ether oxygens (including phenoxy) is 2. The molecule has 1 aromatic heterocycles. The summed E-state index contributed by atoms with van der Waals surface area (Å²) in [6, 6.07) is 3.57. The number of aryl methyl sites for hydroxylation is 1. The van der Waals surface area contributed by atoms with Crippen LogP contribution in [0.3, 0.4) is 0 Å². The van der Waals surface area contributed by atoms with E-state index in [9.17, 15) is 9.90 Å². The van der Waals surface area contributed by atoms with E-state index in [2.05, 4.69) is 15.3 Å². The Morgan fingerprint density at radius 2 is 1.91 bits per heavy atom. The number of rotatable bonds is 6. The predicted molar refractivity (Wildman–Crippen MR) is 85.3 cm³/mol. The Bertz CT molecular complexity index is 718. The number of aromatic carboxylic acids is 1. The third-order valence-corrected chi connectivity index (χ3v) is 3.53. The van der Waals surface area contributed by atoms with Gasteiger partial charge in [-0.1, -0.05) is 0 Å². The first-order valence-corrected chi connectivity index (χ1v) is 7.00. The second-order valence-corrected chi connectivity index (χ2v) is 5.02. The van der Waals surface area contributed by atoms with Crippen LogP contribution in [0.1, 0.15) is 34.5 Å². The number of anilines is 1. The number of benzene rings is 1. The summed E-state index contributed by atoms with van der Waals surface area (Å²) in [6.45, 7) is 3.87. The van der Waals surface area contributed by atoms with Crippen LogP contribution in [-0.4, -0.2) is 35.3 Å².